The lowest BCUT2D eigenvalue weighted by molar-refractivity contribution is -0.706. The zero-order valence-electron chi connectivity index (χ0n) is 13.5. The maximum atomic E-state index is 5.41. The third-order valence-corrected chi connectivity index (χ3v) is 5.48. The minimum absolute atomic E-state index is 0.589. The van der Waals surface area contributed by atoms with E-state index < -0.39 is 0 Å². The van der Waals surface area contributed by atoms with Crippen molar-refractivity contribution in [3.8, 4) is 5.75 Å². The lowest BCUT2D eigenvalue weighted by atomic mass is 9.81. The van der Waals surface area contributed by atoms with Crippen molar-refractivity contribution in [1.29, 1.82) is 0 Å². The van der Waals surface area contributed by atoms with Crippen LogP contribution in [0, 0.1) is 5.92 Å². The fourth-order valence-corrected chi connectivity index (χ4v) is 4.19. The Morgan fingerprint density at radius 1 is 1.27 bits per heavy atom. The van der Waals surface area contributed by atoms with Crippen molar-refractivity contribution in [2.24, 2.45) is 5.92 Å². The predicted molar refractivity (Wildman–Crippen MR) is 89.2 cm³/mol. The summed E-state index contributed by atoms with van der Waals surface area (Å²) in [6.45, 7) is 3.46. The van der Waals surface area contributed by atoms with E-state index in [4.69, 9.17) is 4.74 Å². The normalized spacial score (nSPS) is 24.9. The Balaban J connectivity index is 1.75. The van der Waals surface area contributed by atoms with Gasteiger partial charge in [0.1, 0.15) is 11.8 Å². The van der Waals surface area contributed by atoms with Gasteiger partial charge in [-0.3, -0.25) is 0 Å². The van der Waals surface area contributed by atoms with Crippen LogP contribution in [-0.2, 0) is 6.42 Å². The van der Waals surface area contributed by atoms with Crippen molar-refractivity contribution >= 4 is 10.9 Å². The molecule has 1 aromatic heterocycles. The third kappa shape index (κ3) is 2.24. The van der Waals surface area contributed by atoms with Crippen molar-refractivity contribution in [3.63, 3.8) is 0 Å². The van der Waals surface area contributed by atoms with E-state index in [0.717, 1.165) is 18.1 Å². The molecule has 3 nitrogen and oxygen atoms in total. The van der Waals surface area contributed by atoms with Crippen molar-refractivity contribution in [2.75, 3.05) is 13.7 Å². The smallest absolute Gasteiger partial charge is 0.130 e. The lowest BCUT2D eigenvalue weighted by Crippen LogP contribution is -2.88. The summed E-state index contributed by atoms with van der Waals surface area (Å²) in [4.78, 5) is 3.72. The molecule has 0 spiro atoms. The largest absolute Gasteiger partial charge is 0.497 e. The van der Waals surface area contributed by atoms with Crippen molar-refractivity contribution < 1.29 is 10.1 Å². The first-order valence-electron chi connectivity index (χ1n) is 8.43. The zero-order valence-corrected chi connectivity index (χ0v) is 13.5. The average Bonchev–Trinajstić information content (AvgIpc) is 2.93. The van der Waals surface area contributed by atoms with Crippen LogP contribution in [0.3, 0.4) is 0 Å². The molecule has 22 heavy (non-hydrogen) atoms. The number of nitrogens with one attached hydrogen (secondary N) is 1. The minimum Gasteiger partial charge on any atom is -0.497 e. The van der Waals surface area contributed by atoms with Crippen LogP contribution in [-0.4, -0.2) is 18.6 Å². The molecule has 2 aliphatic rings. The molecule has 0 bridgehead atoms. The molecule has 2 heterocycles. The molecule has 0 unspecified atom stereocenters. The van der Waals surface area contributed by atoms with Gasteiger partial charge in [0.15, 0.2) is 0 Å². The van der Waals surface area contributed by atoms with E-state index in [-0.39, 0.29) is 0 Å². The number of ether oxygens (including phenoxy) is 1. The van der Waals surface area contributed by atoms with Gasteiger partial charge in [0, 0.05) is 23.2 Å². The van der Waals surface area contributed by atoms with Gasteiger partial charge in [0.25, 0.3) is 0 Å². The molecular weight excluding hydrogens is 272 g/mol. The summed E-state index contributed by atoms with van der Waals surface area (Å²) in [7, 11) is 1.74. The molecular formula is C19H25N2O+. The van der Waals surface area contributed by atoms with E-state index in [1.54, 1.807) is 12.7 Å². The van der Waals surface area contributed by atoms with E-state index in [2.05, 4.69) is 41.5 Å². The summed E-state index contributed by atoms with van der Waals surface area (Å²) >= 11 is 0. The number of methoxy groups -OCH3 is 1. The van der Waals surface area contributed by atoms with E-state index in [1.807, 2.05) is 0 Å². The van der Waals surface area contributed by atoms with Crippen LogP contribution in [0.4, 0.5) is 0 Å². The topological polar surface area (TPSA) is 41.6 Å². The van der Waals surface area contributed by atoms with E-state index >= 15 is 0 Å². The molecule has 1 aliphatic heterocycles. The summed E-state index contributed by atoms with van der Waals surface area (Å²) < 4.78 is 5.41. The predicted octanol–water partition coefficient (Wildman–Crippen LogP) is 3.08. The molecule has 0 amide bonds. The first-order valence-corrected chi connectivity index (χ1v) is 8.43. The second-order valence-electron chi connectivity index (χ2n) is 6.81. The number of H-pyrrole nitrogens is 1. The molecule has 0 saturated heterocycles. The van der Waals surface area contributed by atoms with E-state index in [9.17, 15) is 0 Å². The van der Waals surface area contributed by atoms with Gasteiger partial charge in [-0.2, -0.15) is 0 Å². The molecule has 2 aromatic rings. The molecule has 1 aromatic carbocycles. The SMILES string of the molecule is COc1ccc2[nH]c3c(c2c1)CC[NH2+][C@@H]3[C@H]1CC=C(C)CC1. The number of aromatic amines is 1. The van der Waals surface area contributed by atoms with Gasteiger partial charge in [0.05, 0.1) is 19.3 Å². The first-order chi connectivity index (χ1) is 10.8. The van der Waals surface area contributed by atoms with Crippen molar-refractivity contribution in [1.82, 2.24) is 4.98 Å². The highest BCUT2D eigenvalue weighted by atomic mass is 16.5. The summed E-state index contributed by atoms with van der Waals surface area (Å²) in [6.07, 6.45) is 7.41. The first kappa shape index (κ1) is 13.9. The number of hydrogen-bond donors (Lipinski definition) is 2. The molecule has 3 heteroatoms. The Morgan fingerprint density at radius 3 is 2.95 bits per heavy atom. The average molecular weight is 297 g/mol. The minimum atomic E-state index is 0.589. The number of allylic oxidation sites excluding steroid dienone is 2. The quantitative estimate of drug-likeness (QED) is 0.822. The number of nitrogens with two attached hydrogens (primary N) is 1. The highest BCUT2D eigenvalue weighted by molar-refractivity contribution is 5.86. The van der Waals surface area contributed by atoms with Crippen LogP contribution < -0.4 is 10.1 Å². The highest BCUT2D eigenvalue weighted by Crippen LogP contribution is 2.37. The maximum absolute atomic E-state index is 5.41. The van der Waals surface area contributed by atoms with Crippen LogP contribution in [0.25, 0.3) is 10.9 Å². The van der Waals surface area contributed by atoms with Crippen LogP contribution in [0.15, 0.2) is 29.8 Å². The summed E-state index contributed by atoms with van der Waals surface area (Å²) in [5.41, 5.74) is 5.81. The zero-order chi connectivity index (χ0) is 15.1. The van der Waals surface area contributed by atoms with Crippen molar-refractivity contribution in [2.45, 2.75) is 38.6 Å². The number of aromatic nitrogens is 1. The number of fused-ring (bicyclic) bond motifs is 3. The molecule has 1 aliphatic carbocycles. The van der Waals surface area contributed by atoms with Gasteiger partial charge in [-0.05, 0) is 49.9 Å². The monoisotopic (exact) mass is 297 g/mol. The molecule has 0 radical (unpaired) electrons. The standard InChI is InChI=1S/C19H24N2O/c1-12-3-5-13(6-4-12)18-19-15(9-10-20-18)16-11-14(22-2)7-8-17(16)21-19/h3,7-8,11,13,18,20-21H,4-6,9-10H2,1-2H3/p+1/t13-,18+/m0/s1. The Kier molecular flexibility index (Phi) is 3.45. The van der Waals surface area contributed by atoms with Crippen molar-refractivity contribution in [3.05, 3.63) is 41.1 Å². The van der Waals surface area contributed by atoms with E-state index in [0.29, 0.717) is 6.04 Å². The number of hydrogen-bond acceptors (Lipinski definition) is 1. The summed E-state index contributed by atoms with van der Waals surface area (Å²) in [5, 5.41) is 3.91. The van der Waals surface area contributed by atoms with Crippen LogP contribution in [0.5, 0.6) is 5.75 Å². The Hall–Kier alpha value is -1.74. The van der Waals surface area contributed by atoms with Crippen LogP contribution >= 0.6 is 0 Å². The van der Waals surface area contributed by atoms with E-state index in [1.165, 1.54) is 48.0 Å². The number of benzene rings is 1. The van der Waals surface area contributed by atoms with Gasteiger partial charge in [-0.15, -0.1) is 0 Å². The molecule has 0 saturated carbocycles. The summed E-state index contributed by atoms with van der Waals surface area (Å²) in [6, 6.07) is 6.99. The maximum Gasteiger partial charge on any atom is 0.130 e. The highest BCUT2D eigenvalue weighted by Gasteiger charge is 2.34. The fourth-order valence-electron chi connectivity index (χ4n) is 4.19. The van der Waals surface area contributed by atoms with Crippen LogP contribution in [0.2, 0.25) is 0 Å². The summed E-state index contributed by atoms with van der Waals surface area (Å²) in [5.74, 6) is 1.72. The Bertz CT molecular complexity index is 728. The Labute approximate surface area is 131 Å². The third-order valence-electron chi connectivity index (χ3n) is 5.48. The van der Waals surface area contributed by atoms with Gasteiger partial charge in [-0.1, -0.05) is 11.6 Å². The van der Waals surface area contributed by atoms with Gasteiger partial charge >= 0.3 is 0 Å². The second-order valence-corrected chi connectivity index (χ2v) is 6.81. The van der Waals surface area contributed by atoms with Crippen LogP contribution in [0.1, 0.15) is 43.5 Å². The molecule has 3 N–H and O–H groups in total. The molecule has 0 fully saturated rings. The number of rotatable bonds is 2. The second kappa shape index (κ2) is 5.47. The van der Waals surface area contributed by atoms with Gasteiger partial charge in [-0.25, -0.2) is 0 Å². The molecule has 2 atom stereocenters. The molecule has 116 valence electrons. The Morgan fingerprint density at radius 2 is 2.18 bits per heavy atom. The lowest BCUT2D eigenvalue weighted by Gasteiger charge is -2.30. The molecule has 4 rings (SSSR count). The number of quaternary nitrogens is 1. The fraction of sp³-hybridized carbons (Fsp3) is 0.474. The van der Waals surface area contributed by atoms with Gasteiger partial charge in [0.2, 0.25) is 0 Å². The van der Waals surface area contributed by atoms with Gasteiger partial charge < -0.3 is 15.0 Å².